The van der Waals surface area contributed by atoms with E-state index in [0.717, 1.165) is 19.3 Å². The van der Waals surface area contributed by atoms with E-state index in [1.807, 2.05) is 0 Å². The molecule has 0 radical (unpaired) electrons. The lowest BCUT2D eigenvalue weighted by Gasteiger charge is -2.38. The predicted molar refractivity (Wildman–Crippen MR) is 72.3 cm³/mol. The summed E-state index contributed by atoms with van der Waals surface area (Å²) in [5.74, 6) is -0.409. The molecule has 1 heterocycles. The van der Waals surface area contributed by atoms with E-state index in [4.69, 9.17) is 4.74 Å². The molecular formula is C12H22N2O5S. The molecule has 8 heteroatoms. The minimum Gasteiger partial charge on any atom is -0.469 e. The molecular weight excluding hydrogens is 284 g/mol. The third-order valence-corrected chi connectivity index (χ3v) is 6.00. The molecule has 2 atom stereocenters. The molecule has 2 aliphatic rings. The van der Waals surface area contributed by atoms with Gasteiger partial charge in [-0.15, -0.1) is 0 Å². The summed E-state index contributed by atoms with van der Waals surface area (Å²) in [6.07, 6.45) is 2.84. The summed E-state index contributed by atoms with van der Waals surface area (Å²) in [6.45, 7) is 0.945. The number of hydrogen-bond donors (Lipinski definition) is 0. The van der Waals surface area contributed by atoms with Crippen LogP contribution in [-0.4, -0.2) is 69.0 Å². The zero-order chi connectivity index (χ0) is 14.8. The van der Waals surface area contributed by atoms with Gasteiger partial charge in [-0.3, -0.25) is 4.79 Å². The average molecular weight is 306 g/mol. The average Bonchev–Trinajstić information content (AvgIpc) is 2.92. The second-order valence-corrected chi connectivity index (χ2v) is 7.16. The molecule has 0 aromatic carbocycles. The Balaban J connectivity index is 2.03. The van der Waals surface area contributed by atoms with Crippen molar-refractivity contribution in [2.24, 2.45) is 0 Å². The fourth-order valence-corrected chi connectivity index (χ4v) is 4.39. The molecule has 1 aliphatic heterocycles. The predicted octanol–water partition coefficient (Wildman–Crippen LogP) is -0.0206. The van der Waals surface area contributed by atoms with Crippen LogP contribution in [0.25, 0.3) is 0 Å². The molecule has 1 aliphatic carbocycles. The normalized spacial score (nSPS) is 27.6. The van der Waals surface area contributed by atoms with Crippen LogP contribution in [0, 0.1) is 0 Å². The van der Waals surface area contributed by atoms with Gasteiger partial charge in [-0.2, -0.15) is 17.0 Å². The highest BCUT2D eigenvalue weighted by atomic mass is 32.2. The quantitative estimate of drug-likeness (QED) is 0.667. The van der Waals surface area contributed by atoms with Crippen LogP contribution in [0.15, 0.2) is 0 Å². The summed E-state index contributed by atoms with van der Waals surface area (Å²) in [5, 5.41) is 0. The van der Waals surface area contributed by atoms with Crippen molar-refractivity contribution in [1.29, 1.82) is 0 Å². The highest BCUT2D eigenvalue weighted by Gasteiger charge is 2.43. The molecule has 1 saturated carbocycles. The molecule has 1 saturated heterocycles. The van der Waals surface area contributed by atoms with E-state index < -0.39 is 16.2 Å². The minimum absolute atomic E-state index is 0.0209. The number of ether oxygens (including phenoxy) is 2. The van der Waals surface area contributed by atoms with E-state index >= 15 is 0 Å². The van der Waals surface area contributed by atoms with Gasteiger partial charge in [0.1, 0.15) is 0 Å². The maximum atomic E-state index is 12.6. The van der Waals surface area contributed by atoms with Gasteiger partial charge in [0.05, 0.1) is 32.3 Å². The second-order valence-electron chi connectivity index (χ2n) is 5.17. The fourth-order valence-electron chi connectivity index (χ4n) is 2.82. The van der Waals surface area contributed by atoms with Crippen LogP contribution in [0.1, 0.15) is 25.7 Å². The number of fused-ring (bicyclic) bond motifs is 1. The molecule has 0 aromatic heterocycles. The first-order valence-corrected chi connectivity index (χ1v) is 8.28. The second kappa shape index (κ2) is 6.38. The summed E-state index contributed by atoms with van der Waals surface area (Å²) in [6, 6.07) is -0.0608. The summed E-state index contributed by atoms with van der Waals surface area (Å²) in [4.78, 5) is 11.1. The Bertz CT molecular complexity index is 453. The van der Waals surface area contributed by atoms with E-state index in [9.17, 15) is 13.2 Å². The van der Waals surface area contributed by atoms with E-state index in [-0.39, 0.29) is 25.1 Å². The molecule has 0 bridgehead atoms. The summed E-state index contributed by atoms with van der Waals surface area (Å²) >= 11 is 0. The Morgan fingerprint density at radius 3 is 2.90 bits per heavy atom. The number of hydrogen-bond acceptors (Lipinski definition) is 5. The zero-order valence-electron chi connectivity index (χ0n) is 11.9. The lowest BCUT2D eigenvalue weighted by molar-refractivity contribution is -0.140. The first kappa shape index (κ1) is 15.7. The van der Waals surface area contributed by atoms with Crippen LogP contribution >= 0.6 is 0 Å². The van der Waals surface area contributed by atoms with Crippen molar-refractivity contribution in [1.82, 2.24) is 8.61 Å². The van der Waals surface area contributed by atoms with E-state index in [1.54, 1.807) is 0 Å². The van der Waals surface area contributed by atoms with E-state index in [1.165, 1.54) is 22.8 Å². The molecule has 2 rings (SSSR count). The van der Waals surface area contributed by atoms with Crippen molar-refractivity contribution in [2.75, 3.05) is 33.9 Å². The SMILES string of the molecule is COC(=O)CCN(C)S(=O)(=O)N1CCOC2CCCC21. The van der Waals surface area contributed by atoms with Gasteiger partial charge < -0.3 is 9.47 Å². The number of carbonyl (C=O) groups is 1. The first-order valence-electron chi connectivity index (χ1n) is 6.88. The van der Waals surface area contributed by atoms with Gasteiger partial charge in [0.2, 0.25) is 0 Å². The van der Waals surface area contributed by atoms with Gasteiger partial charge >= 0.3 is 5.97 Å². The maximum absolute atomic E-state index is 12.6. The molecule has 7 nitrogen and oxygen atoms in total. The molecule has 2 unspecified atom stereocenters. The van der Waals surface area contributed by atoms with Crippen LogP contribution in [0.3, 0.4) is 0 Å². The summed E-state index contributed by atoms with van der Waals surface area (Å²) in [5.41, 5.74) is 0. The molecule has 0 N–H and O–H groups in total. The smallest absolute Gasteiger partial charge is 0.306 e. The Morgan fingerprint density at radius 2 is 2.20 bits per heavy atom. The zero-order valence-corrected chi connectivity index (χ0v) is 12.8. The van der Waals surface area contributed by atoms with Crippen molar-refractivity contribution in [3.8, 4) is 0 Å². The third kappa shape index (κ3) is 3.13. The van der Waals surface area contributed by atoms with Crippen LogP contribution in [0.4, 0.5) is 0 Å². The largest absolute Gasteiger partial charge is 0.469 e. The Labute approximate surface area is 120 Å². The minimum atomic E-state index is -3.54. The first-order chi connectivity index (χ1) is 9.46. The van der Waals surface area contributed by atoms with E-state index in [0.29, 0.717) is 13.2 Å². The van der Waals surface area contributed by atoms with Crippen LogP contribution in [0.2, 0.25) is 0 Å². The number of morpholine rings is 1. The number of rotatable bonds is 5. The Hall–Kier alpha value is -0.700. The van der Waals surface area contributed by atoms with Crippen LogP contribution in [-0.2, 0) is 24.5 Å². The number of esters is 1. The molecule has 116 valence electrons. The van der Waals surface area contributed by atoms with Gasteiger partial charge in [-0.25, -0.2) is 0 Å². The molecule has 0 spiro atoms. The number of methoxy groups -OCH3 is 1. The van der Waals surface area contributed by atoms with Crippen LogP contribution in [0.5, 0.6) is 0 Å². The van der Waals surface area contributed by atoms with E-state index in [2.05, 4.69) is 4.74 Å². The third-order valence-electron chi connectivity index (χ3n) is 3.98. The van der Waals surface area contributed by atoms with Gasteiger partial charge in [-0.1, -0.05) is 0 Å². The highest BCUT2D eigenvalue weighted by molar-refractivity contribution is 7.86. The number of nitrogens with zero attached hydrogens (tertiary/aromatic N) is 2. The summed E-state index contributed by atoms with van der Waals surface area (Å²) < 4.78 is 38.1. The van der Waals surface area contributed by atoms with Crippen molar-refractivity contribution in [3.05, 3.63) is 0 Å². The highest BCUT2D eigenvalue weighted by Crippen LogP contribution is 2.32. The standard InChI is InChI=1S/C12H22N2O5S/c1-13(7-6-12(15)18-2)20(16,17)14-8-9-19-11-5-3-4-10(11)14/h10-11H,3-9H2,1-2H3. The van der Waals surface area contributed by atoms with Crippen molar-refractivity contribution in [3.63, 3.8) is 0 Å². The van der Waals surface area contributed by atoms with Crippen molar-refractivity contribution < 1.29 is 22.7 Å². The topological polar surface area (TPSA) is 76.2 Å². The fraction of sp³-hybridized carbons (Fsp3) is 0.917. The van der Waals surface area contributed by atoms with Crippen LogP contribution < -0.4 is 0 Å². The molecule has 20 heavy (non-hydrogen) atoms. The number of carbonyl (C=O) groups excluding carboxylic acids is 1. The van der Waals surface area contributed by atoms with Gasteiger partial charge in [0.25, 0.3) is 10.2 Å². The molecule has 0 aromatic rings. The van der Waals surface area contributed by atoms with Gasteiger partial charge in [-0.05, 0) is 19.3 Å². The Morgan fingerprint density at radius 1 is 1.45 bits per heavy atom. The molecule has 0 amide bonds. The molecule has 2 fully saturated rings. The monoisotopic (exact) mass is 306 g/mol. The lowest BCUT2D eigenvalue weighted by atomic mass is 10.2. The Kier molecular flexibility index (Phi) is 5.00. The van der Waals surface area contributed by atoms with Crippen molar-refractivity contribution >= 4 is 16.2 Å². The maximum Gasteiger partial charge on any atom is 0.306 e. The van der Waals surface area contributed by atoms with Crippen molar-refractivity contribution in [2.45, 2.75) is 37.8 Å². The lowest BCUT2D eigenvalue weighted by Crippen LogP contribution is -2.55. The van der Waals surface area contributed by atoms with Gasteiger partial charge in [0, 0.05) is 20.1 Å². The summed E-state index contributed by atoms with van der Waals surface area (Å²) in [7, 11) is -0.750. The van der Waals surface area contributed by atoms with Gasteiger partial charge in [0.15, 0.2) is 0 Å².